The van der Waals surface area contributed by atoms with Crippen LogP contribution in [0.1, 0.15) is 23.7 Å². The fourth-order valence-corrected chi connectivity index (χ4v) is 3.14. The van der Waals surface area contributed by atoms with E-state index < -0.39 is 0 Å². The van der Waals surface area contributed by atoms with Crippen molar-refractivity contribution in [2.45, 2.75) is 26.6 Å². The van der Waals surface area contributed by atoms with Crippen molar-refractivity contribution in [1.82, 2.24) is 19.7 Å². The number of rotatable bonds is 7. The Balaban J connectivity index is 0.00000364. The van der Waals surface area contributed by atoms with E-state index in [9.17, 15) is 0 Å². The van der Waals surface area contributed by atoms with Crippen LogP contribution in [0.5, 0.6) is 0 Å². The summed E-state index contributed by atoms with van der Waals surface area (Å²) in [6, 6.07) is 10.7. The summed E-state index contributed by atoms with van der Waals surface area (Å²) in [4.78, 5) is 8.79. The van der Waals surface area contributed by atoms with Crippen molar-refractivity contribution in [1.29, 1.82) is 0 Å². The first-order valence-corrected chi connectivity index (χ1v) is 9.29. The lowest BCUT2D eigenvalue weighted by molar-refractivity contribution is 0.345. The van der Waals surface area contributed by atoms with E-state index in [4.69, 9.17) is 11.6 Å². The Bertz CT molecular complexity index is 744. The van der Waals surface area contributed by atoms with Gasteiger partial charge in [-0.2, -0.15) is 0 Å². The van der Waals surface area contributed by atoms with Gasteiger partial charge in [0.2, 0.25) is 0 Å². The number of hydrogen-bond donors (Lipinski definition) is 1. The van der Waals surface area contributed by atoms with Crippen LogP contribution in [0, 0.1) is 0 Å². The predicted molar refractivity (Wildman–Crippen MR) is 126 cm³/mol. The zero-order chi connectivity index (χ0) is 19.1. The van der Waals surface area contributed by atoms with Crippen LogP contribution in [-0.2, 0) is 26.7 Å². The van der Waals surface area contributed by atoms with Gasteiger partial charge in [-0.05, 0) is 30.8 Å². The normalized spacial score (nSPS) is 11.4. The van der Waals surface area contributed by atoms with E-state index in [1.165, 1.54) is 11.1 Å². The third-order valence-corrected chi connectivity index (χ3v) is 4.69. The van der Waals surface area contributed by atoms with Gasteiger partial charge in [-0.25, -0.2) is 0 Å². The third kappa shape index (κ3) is 7.35. The number of aromatic nitrogens is 1. The van der Waals surface area contributed by atoms with E-state index in [1.807, 2.05) is 38.0 Å². The molecule has 0 bridgehead atoms. The van der Waals surface area contributed by atoms with Gasteiger partial charge < -0.3 is 19.7 Å². The van der Waals surface area contributed by atoms with E-state index in [2.05, 4.69) is 58.3 Å². The SMILES string of the molecule is CCN(C)Cc1cccc(CNC(=NC)N(C)Cc2cc(Cl)cn2C)c1.I. The fraction of sp³-hybridized carbons (Fsp3) is 0.450. The molecule has 1 aromatic heterocycles. The molecule has 0 aliphatic carbocycles. The molecular weight excluding hydrogens is 473 g/mol. The molecule has 27 heavy (non-hydrogen) atoms. The van der Waals surface area contributed by atoms with Crippen LogP contribution in [0.4, 0.5) is 0 Å². The molecule has 0 saturated carbocycles. The minimum absolute atomic E-state index is 0. The lowest BCUT2D eigenvalue weighted by Crippen LogP contribution is -2.38. The maximum atomic E-state index is 6.08. The molecule has 0 atom stereocenters. The summed E-state index contributed by atoms with van der Waals surface area (Å²) in [6.45, 7) is 5.67. The topological polar surface area (TPSA) is 35.8 Å². The summed E-state index contributed by atoms with van der Waals surface area (Å²) in [7, 11) is 7.98. The summed E-state index contributed by atoms with van der Waals surface area (Å²) < 4.78 is 2.04. The van der Waals surface area contributed by atoms with E-state index in [0.717, 1.165) is 42.9 Å². The second-order valence-corrected chi connectivity index (χ2v) is 7.10. The molecule has 1 heterocycles. The Labute approximate surface area is 185 Å². The average molecular weight is 504 g/mol. The largest absolute Gasteiger partial charge is 0.352 e. The van der Waals surface area contributed by atoms with Crippen LogP contribution in [0.2, 0.25) is 5.02 Å². The van der Waals surface area contributed by atoms with Crippen molar-refractivity contribution in [3.05, 3.63) is 58.4 Å². The molecule has 1 aromatic carbocycles. The first-order valence-electron chi connectivity index (χ1n) is 8.91. The van der Waals surface area contributed by atoms with Crippen LogP contribution in [0.3, 0.4) is 0 Å². The van der Waals surface area contributed by atoms with Crippen LogP contribution in [0.15, 0.2) is 41.5 Å². The van der Waals surface area contributed by atoms with Gasteiger partial charge in [-0.3, -0.25) is 4.99 Å². The molecule has 0 radical (unpaired) electrons. The first kappa shape index (κ1) is 23.8. The lowest BCUT2D eigenvalue weighted by Gasteiger charge is -2.22. The molecule has 0 unspecified atom stereocenters. The molecule has 0 amide bonds. The number of aryl methyl sites for hydroxylation is 1. The van der Waals surface area contributed by atoms with Crippen molar-refractivity contribution in [2.75, 3.05) is 27.7 Å². The van der Waals surface area contributed by atoms with Gasteiger partial charge in [0.05, 0.1) is 11.6 Å². The van der Waals surface area contributed by atoms with E-state index >= 15 is 0 Å². The highest BCUT2D eigenvalue weighted by molar-refractivity contribution is 14.0. The molecule has 1 N–H and O–H groups in total. The standard InChI is InChI=1S/C20H30ClN5.HI/c1-6-24(3)13-17-9-7-8-16(10-17)12-23-20(22-2)26(5)15-19-11-18(21)14-25(19)4;/h7-11,14H,6,12-13,15H2,1-5H3,(H,22,23);1H. The Morgan fingerprint density at radius 1 is 1.19 bits per heavy atom. The van der Waals surface area contributed by atoms with Gasteiger partial charge in [-0.15, -0.1) is 24.0 Å². The van der Waals surface area contributed by atoms with Gasteiger partial charge in [0, 0.05) is 46.1 Å². The van der Waals surface area contributed by atoms with Gasteiger partial charge in [-0.1, -0.05) is 42.8 Å². The maximum Gasteiger partial charge on any atom is 0.194 e. The molecule has 7 heteroatoms. The lowest BCUT2D eigenvalue weighted by atomic mass is 10.1. The average Bonchev–Trinajstić information content (AvgIpc) is 2.92. The van der Waals surface area contributed by atoms with Crippen molar-refractivity contribution in [2.24, 2.45) is 12.0 Å². The number of nitrogens with zero attached hydrogens (tertiary/aromatic N) is 4. The number of nitrogens with one attached hydrogen (secondary N) is 1. The van der Waals surface area contributed by atoms with Crippen LogP contribution in [0.25, 0.3) is 0 Å². The fourth-order valence-electron chi connectivity index (χ4n) is 2.87. The Kier molecular flexibility index (Phi) is 10.2. The summed E-state index contributed by atoms with van der Waals surface area (Å²) in [6.07, 6.45) is 1.92. The quantitative estimate of drug-likeness (QED) is 0.353. The first-order chi connectivity index (χ1) is 12.4. The van der Waals surface area contributed by atoms with E-state index in [-0.39, 0.29) is 24.0 Å². The zero-order valence-electron chi connectivity index (χ0n) is 16.9. The number of hydrogen-bond acceptors (Lipinski definition) is 2. The van der Waals surface area contributed by atoms with Gasteiger partial charge in [0.25, 0.3) is 0 Å². The van der Waals surface area contributed by atoms with Crippen molar-refractivity contribution in [3.8, 4) is 0 Å². The Morgan fingerprint density at radius 2 is 1.89 bits per heavy atom. The molecule has 0 spiro atoms. The molecule has 0 aliphatic rings. The van der Waals surface area contributed by atoms with Crippen molar-refractivity contribution < 1.29 is 0 Å². The number of benzene rings is 1. The highest BCUT2D eigenvalue weighted by atomic mass is 127. The van der Waals surface area contributed by atoms with Crippen LogP contribution < -0.4 is 5.32 Å². The minimum Gasteiger partial charge on any atom is -0.352 e. The van der Waals surface area contributed by atoms with Gasteiger partial charge >= 0.3 is 0 Å². The predicted octanol–water partition coefficient (Wildman–Crippen LogP) is 3.96. The van der Waals surface area contributed by atoms with E-state index in [0.29, 0.717) is 0 Å². The molecule has 2 aromatic rings. The van der Waals surface area contributed by atoms with E-state index in [1.54, 1.807) is 0 Å². The molecule has 5 nitrogen and oxygen atoms in total. The number of aliphatic imine (C=N–C) groups is 1. The minimum atomic E-state index is 0. The van der Waals surface area contributed by atoms with Crippen molar-refractivity contribution >= 4 is 41.5 Å². The smallest absolute Gasteiger partial charge is 0.194 e. The highest BCUT2D eigenvalue weighted by Gasteiger charge is 2.10. The summed E-state index contributed by atoms with van der Waals surface area (Å²) >= 11 is 6.08. The van der Waals surface area contributed by atoms with Crippen LogP contribution in [-0.4, -0.2) is 48.0 Å². The van der Waals surface area contributed by atoms with Crippen LogP contribution >= 0.6 is 35.6 Å². The number of guanidine groups is 1. The highest BCUT2D eigenvalue weighted by Crippen LogP contribution is 2.14. The van der Waals surface area contributed by atoms with Gasteiger partial charge in [0.1, 0.15) is 0 Å². The second kappa shape index (κ2) is 11.6. The second-order valence-electron chi connectivity index (χ2n) is 6.67. The monoisotopic (exact) mass is 503 g/mol. The molecule has 0 aliphatic heterocycles. The molecule has 0 saturated heterocycles. The Hall–Kier alpha value is -1.25. The summed E-state index contributed by atoms with van der Waals surface area (Å²) in [5, 5.41) is 4.20. The molecule has 0 fully saturated rings. The summed E-state index contributed by atoms with van der Waals surface area (Å²) in [5.41, 5.74) is 3.73. The number of halogens is 2. The third-order valence-electron chi connectivity index (χ3n) is 4.48. The molecule has 2 rings (SSSR count). The van der Waals surface area contributed by atoms with Crippen molar-refractivity contribution in [3.63, 3.8) is 0 Å². The Morgan fingerprint density at radius 3 is 2.48 bits per heavy atom. The summed E-state index contributed by atoms with van der Waals surface area (Å²) in [5.74, 6) is 0.860. The maximum absolute atomic E-state index is 6.08. The molecular formula is C20H31ClIN5. The van der Waals surface area contributed by atoms with Gasteiger partial charge in [0.15, 0.2) is 5.96 Å². The molecule has 150 valence electrons. The zero-order valence-corrected chi connectivity index (χ0v) is 20.0.